The van der Waals surface area contributed by atoms with E-state index < -0.39 is 6.10 Å². The summed E-state index contributed by atoms with van der Waals surface area (Å²) in [6, 6.07) is 3.89. The van der Waals surface area contributed by atoms with Crippen LogP contribution in [-0.2, 0) is 6.54 Å². The van der Waals surface area contributed by atoms with Gasteiger partial charge in [-0.25, -0.2) is 0 Å². The maximum absolute atomic E-state index is 9.43. The second-order valence-corrected chi connectivity index (χ2v) is 3.34. The molecule has 1 atom stereocenters. The molecule has 0 saturated heterocycles. The lowest BCUT2D eigenvalue weighted by atomic mass is 10.2. The molecule has 0 radical (unpaired) electrons. The molecule has 1 rings (SSSR count). The van der Waals surface area contributed by atoms with Crippen LogP contribution in [0.15, 0.2) is 30.5 Å². The Hall–Kier alpha value is -1.02. The van der Waals surface area contributed by atoms with Gasteiger partial charge in [-0.2, -0.15) is 0 Å². The van der Waals surface area contributed by atoms with E-state index in [1.807, 2.05) is 22.9 Å². The average molecular weight is 179 g/mol. The molecule has 13 heavy (non-hydrogen) atoms. The van der Waals surface area contributed by atoms with Gasteiger partial charge in [0.15, 0.2) is 0 Å². The highest BCUT2D eigenvalue weighted by atomic mass is 16.3. The van der Waals surface area contributed by atoms with Crippen molar-refractivity contribution < 1.29 is 5.11 Å². The summed E-state index contributed by atoms with van der Waals surface area (Å²) in [6.07, 6.45) is 2.56. The van der Waals surface area contributed by atoms with E-state index in [4.69, 9.17) is 0 Å². The number of aromatic nitrogens is 1. The molecule has 0 spiro atoms. The minimum absolute atomic E-state index is 0.403. The smallest absolute Gasteiger partial charge is 0.0911 e. The lowest BCUT2D eigenvalue weighted by Crippen LogP contribution is -2.05. The molecule has 2 heteroatoms. The maximum Gasteiger partial charge on any atom is 0.0911 e. The SMILES string of the molecule is C=C(CC)Cn1cccc1C(C)O. The summed E-state index contributed by atoms with van der Waals surface area (Å²) < 4.78 is 2.04. The Morgan fingerprint density at radius 3 is 2.92 bits per heavy atom. The van der Waals surface area contributed by atoms with Crippen molar-refractivity contribution in [3.63, 3.8) is 0 Å². The Bertz CT molecular complexity index is 286. The van der Waals surface area contributed by atoms with E-state index in [2.05, 4.69) is 13.5 Å². The van der Waals surface area contributed by atoms with Crippen molar-refractivity contribution in [1.82, 2.24) is 4.57 Å². The van der Waals surface area contributed by atoms with E-state index >= 15 is 0 Å². The second kappa shape index (κ2) is 4.28. The summed E-state index contributed by atoms with van der Waals surface area (Å²) in [5.74, 6) is 0. The number of hydrogen-bond donors (Lipinski definition) is 1. The largest absolute Gasteiger partial charge is 0.387 e. The Morgan fingerprint density at radius 1 is 1.69 bits per heavy atom. The Balaban J connectivity index is 2.76. The molecule has 0 amide bonds. The summed E-state index contributed by atoms with van der Waals surface area (Å²) in [5, 5.41) is 9.43. The molecule has 1 N–H and O–H groups in total. The summed E-state index contributed by atoms with van der Waals surface area (Å²) >= 11 is 0. The number of nitrogens with zero attached hydrogens (tertiary/aromatic N) is 1. The van der Waals surface area contributed by atoms with E-state index in [0.717, 1.165) is 18.7 Å². The van der Waals surface area contributed by atoms with Crippen molar-refractivity contribution in [3.8, 4) is 0 Å². The number of allylic oxidation sites excluding steroid dienone is 1. The molecule has 0 saturated carbocycles. The van der Waals surface area contributed by atoms with Gasteiger partial charge in [0.2, 0.25) is 0 Å². The minimum atomic E-state index is -0.403. The molecule has 0 aliphatic carbocycles. The van der Waals surface area contributed by atoms with E-state index in [9.17, 15) is 5.11 Å². The third-order valence-electron chi connectivity index (χ3n) is 2.19. The van der Waals surface area contributed by atoms with Crippen LogP contribution in [-0.4, -0.2) is 9.67 Å². The summed E-state index contributed by atoms with van der Waals surface area (Å²) in [4.78, 5) is 0. The van der Waals surface area contributed by atoms with Crippen LogP contribution in [0.2, 0.25) is 0 Å². The van der Waals surface area contributed by atoms with E-state index in [0.29, 0.717) is 0 Å². The normalized spacial score (nSPS) is 12.8. The van der Waals surface area contributed by atoms with Crippen LogP contribution in [0, 0.1) is 0 Å². The van der Waals surface area contributed by atoms with Crippen LogP contribution in [0.4, 0.5) is 0 Å². The van der Waals surface area contributed by atoms with Gasteiger partial charge < -0.3 is 9.67 Å². The van der Waals surface area contributed by atoms with Crippen molar-refractivity contribution in [2.45, 2.75) is 32.9 Å². The molecule has 0 bridgehead atoms. The fourth-order valence-corrected chi connectivity index (χ4v) is 1.30. The third-order valence-corrected chi connectivity index (χ3v) is 2.19. The Labute approximate surface area is 79.5 Å². The number of aliphatic hydroxyl groups is 1. The van der Waals surface area contributed by atoms with Crippen LogP contribution in [0.25, 0.3) is 0 Å². The molecule has 0 aromatic carbocycles. The maximum atomic E-state index is 9.43. The highest BCUT2D eigenvalue weighted by molar-refractivity contribution is 5.11. The molecule has 1 unspecified atom stereocenters. The average Bonchev–Trinajstić information content (AvgIpc) is 2.52. The second-order valence-electron chi connectivity index (χ2n) is 3.34. The standard InChI is InChI=1S/C11H17NO/c1-4-9(2)8-12-7-5-6-11(12)10(3)13/h5-7,10,13H,2,4,8H2,1,3H3. The van der Waals surface area contributed by atoms with Crippen LogP contribution in [0.1, 0.15) is 32.1 Å². The highest BCUT2D eigenvalue weighted by Gasteiger charge is 2.06. The zero-order chi connectivity index (χ0) is 9.84. The number of aliphatic hydroxyl groups excluding tert-OH is 1. The topological polar surface area (TPSA) is 25.2 Å². The van der Waals surface area contributed by atoms with Gasteiger partial charge in [0.1, 0.15) is 0 Å². The molecular weight excluding hydrogens is 162 g/mol. The van der Waals surface area contributed by atoms with Gasteiger partial charge in [-0.3, -0.25) is 0 Å². The number of hydrogen-bond acceptors (Lipinski definition) is 1. The zero-order valence-corrected chi connectivity index (χ0v) is 8.33. The molecule has 1 aromatic heterocycles. The first kappa shape index (κ1) is 10.1. The summed E-state index contributed by atoms with van der Waals surface area (Å²) in [5.41, 5.74) is 2.13. The molecular formula is C11H17NO. The van der Waals surface area contributed by atoms with Crippen molar-refractivity contribution >= 4 is 0 Å². The van der Waals surface area contributed by atoms with Gasteiger partial charge in [-0.1, -0.05) is 19.1 Å². The fourth-order valence-electron chi connectivity index (χ4n) is 1.30. The highest BCUT2D eigenvalue weighted by Crippen LogP contribution is 2.14. The van der Waals surface area contributed by atoms with Crippen molar-refractivity contribution in [2.75, 3.05) is 0 Å². The van der Waals surface area contributed by atoms with Crippen LogP contribution >= 0.6 is 0 Å². The first-order valence-corrected chi connectivity index (χ1v) is 4.65. The van der Waals surface area contributed by atoms with E-state index in [1.165, 1.54) is 5.57 Å². The van der Waals surface area contributed by atoms with Gasteiger partial charge in [0.05, 0.1) is 6.10 Å². The van der Waals surface area contributed by atoms with Crippen LogP contribution in [0.3, 0.4) is 0 Å². The predicted octanol–water partition coefficient (Wildman–Crippen LogP) is 2.51. The summed E-state index contributed by atoms with van der Waals surface area (Å²) in [7, 11) is 0. The minimum Gasteiger partial charge on any atom is -0.387 e. The number of rotatable bonds is 4. The molecule has 0 aliphatic heterocycles. The molecule has 0 aliphatic rings. The predicted molar refractivity (Wildman–Crippen MR) is 54.5 cm³/mol. The lowest BCUT2D eigenvalue weighted by molar-refractivity contribution is 0.189. The van der Waals surface area contributed by atoms with E-state index in [-0.39, 0.29) is 0 Å². The summed E-state index contributed by atoms with van der Waals surface area (Å²) in [6.45, 7) is 8.62. The Kier molecular flexibility index (Phi) is 3.32. The van der Waals surface area contributed by atoms with Crippen LogP contribution < -0.4 is 0 Å². The van der Waals surface area contributed by atoms with Gasteiger partial charge >= 0.3 is 0 Å². The van der Waals surface area contributed by atoms with Crippen molar-refractivity contribution in [2.24, 2.45) is 0 Å². The van der Waals surface area contributed by atoms with Gasteiger partial charge in [0, 0.05) is 18.4 Å². The van der Waals surface area contributed by atoms with E-state index in [1.54, 1.807) is 6.92 Å². The van der Waals surface area contributed by atoms with Gasteiger partial charge in [-0.15, -0.1) is 0 Å². The van der Waals surface area contributed by atoms with Gasteiger partial charge in [0.25, 0.3) is 0 Å². The molecule has 1 aromatic rings. The molecule has 1 heterocycles. The fraction of sp³-hybridized carbons (Fsp3) is 0.455. The van der Waals surface area contributed by atoms with Crippen molar-refractivity contribution in [3.05, 3.63) is 36.2 Å². The quantitative estimate of drug-likeness (QED) is 0.706. The first-order valence-electron chi connectivity index (χ1n) is 4.65. The van der Waals surface area contributed by atoms with Crippen LogP contribution in [0.5, 0.6) is 0 Å². The Morgan fingerprint density at radius 2 is 2.38 bits per heavy atom. The lowest BCUT2D eigenvalue weighted by Gasteiger charge is -2.11. The third kappa shape index (κ3) is 2.46. The molecule has 0 fully saturated rings. The molecule has 2 nitrogen and oxygen atoms in total. The van der Waals surface area contributed by atoms with Crippen molar-refractivity contribution in [1.29, 1.82) is 0 Å². The first-order chi connectivity index (χ1) is 6.15. The van der Waals surface area contributed by atoms with Gasteiger partial charge in [-0.05, 0) is 25.5 Å². The zero-order valence-electron chi connectivity index (χ0n) is 8.33. The monoisotopic (exact) mass is 179 g/mol. The molecule has 72 valence electrons.